The van der Waals surface area contributed by atoms with Crippen LogP contribution in [0.2, 0.25) is 0 Å². The van der Waals surface area contributed by atoms with Crippen LogP contribution in [0.3, 0.4) is 0 Å². The molecule has 98 valence electrons. The molecule has 0 aromatic carbocycles. The number of thioether (sulfide) groups is 1. The second-order valence-corrected chi connectivity index (χ2v) is 7.24. The monoisotopic (exact) mass is 282 g/mol. The van der Waals surface area contributed by atoms with E-state index in [1.165, 1.54) is 4.88 Å². The van der Waals surface area contributed by atoms with Crippen LogP contribution in [-0.2, 0) is 0 Å². The summed E-state index contributed by atoms with van der Waals surface area (Å²) in [5.74, 6) is 6.52. The molecule has 3 N–H and O–H groups in total. The largest absolute Gasteiger partial charge is 0.292 e. The van der Waals surface area contributed by atoms with Crippen LogP contribution in [-0.4, -0.2) is 15.2 Å². The van der Waals surface area contributed by atoms with Gasteiger partial charge in [0.05, 0.1) is 0 Å². The van der Waals surface area contributed by atoms with Gasteiger partial charge in [-0.25, -0.2) is 15.8 Å². The Morgan fingerprint density at radius 2 is 2.06 bits per heavy atom. The van der Waals surface area contributed by atoms with Crippen LogP contribution < -0.4 is 11.3 Å². The number of aromatic nitrogens is 2. The van der Waals surface area contributed by atoms with Crippen molar-refractivity contribution in [3.05, 3.63) is 10.9 Å². The van der Waals surface area contributed by atoms with E-state index < -0.39 is 0 Å². The molecular formula is C12H18N4S2. The Morgan fingerprint density at radius 1 is 1.33 bits per heavy atom. The molecule has 0 amide bonds. The van der Waals surface area contributed by atoms with E-state index in [9.17, 15) is 0 Å². The van der Waals surface area contributed by atoms with E-state index in [2.05, 4.69) is 49.2 Å². The van der Waals surface area contributed by atoms with Crippen LogP contribution >= 0.6 is 23.1 Å². The van der Waals surface area contributed by atoms with Crippen molar-refractivity contribution in [2.24, 2.45) is 11.8 Å². The van der Waals surface area contributed by atoms with Gasteiger partial charge in [-0.15, -0.1) is 23.1 Å². The molecule has 1 atom stereocenters. The number of hydrogen-bond donors (Lipinski definition) is 2. The van der Waals surface area contributed by atoms with E-state index in [0.717, 1.165) is 15.2 Å². The van der Waals surface area contributed by atoms with E-state index >= 15 is 0 Å². The molecular weight excluding hydrogens is 264 g/mol. The predicted molar refractivity (Wildman–Crippen MR) is 80.1 cm³/mol. The first-order valence-electron chi connectivity index (χ1n) is 5.92. The van der Waals surface area contributed by atoms with Crippen LogP contribution in [0.4, 0.5) is 5.95 Å². The number of nitrogen functional groups attached to an aromatic ring is 1. The van der Waals surface area contributed by atoms with Crippen molar-refractivity contribution >= 4 is 39.3 Å². The molecule has 0 aliphatic carbocycles. The van der Waals surface area contributed by atoms with Crippen molar-refractivity contribution in [2.45, 2.75) is 38.0 Å². The van der Waals surface area contributed by atoms with Crippen molar-refractivity contribution in [3.8, 4) is 0 Å². The fraction of sp³-hybridized carbons (Fsp3) is 0.500. The molecule has 0 radical (unpaired) electrons. The zero-order valence-corrected chi connectivity index (χ0v) is 12.7. The van der Waals surface area contributed by atoms with Crippen molar-refractivity contribution in [1.82, 2.24) is 9.97 Å². The van der Waals surface area contributed by atoms with Crippen LogP contribution in [0, 0.1) is 12.8 Å². The van der Waals surface area contributed by atoms with Gasteiger partial charge in [0, 0.05) is 15.5 Å². The first kappa shape index (κ1) is 13.6. The van der Waals surface area contributed by atoms with Crippen LogP contribution in [0.25, 0.3) is 10.2 Å². The molecule has 0 fully saturated rings. The lowest BCUT2D eigenvalue weighted by atomic mass is 10.2. The molecule has 18 heavy (non-hydrogen) atoms. The smallest absolute Gasteiger partial charge is 0.239 e. The predicted octanol–water partition coefficient (Wildman–Crippen LogP) is 3.42. The molecule has 0 spiro atoms. The van der Waals surface area contributed by atoms with E-state index in [1.807, 2.05) is 0 Å². The lowest BCUT2D eigenvalue weighted by molar-refractivity contribution is 0.642. The molecule has 0 saturated heterocycles. The Hall–Kier alpha value is -0.850. The molecule has 2 rings (SSSR count). The van der Waals surface area contributed by atoms with Gasteiger partial charge >= 0.3 is 0 Å². The van der Waals surface area contributed by atoms with Gasteiger partial charge in [-0.2, -0.15) is 0 Å². The van der Waals surface area contributed by atoms with Gasteiger partial charge in [-0.05, 0) is 18.9 Å². The molecule has 2 aromatic heterocycles. The Morgan fingerprint density at radius 3 is 2.67 bits per heavy atom. The Kier molecular flexibility index (Phi) is 4.09. The third kappa shape index (κ3) is 2.76. The summed E-state index contributed by atoms with van der Waals surface area (Å²) in [6.45, 7) is 8.74. The minimum atomic E-state index is 0.489. The maximum atomic E-state index is 5.43. The number of fused-ring (bicyclic) bond motifs is 1. The molecule has 0 saturated carbocycles. The fourth-order valence-corrected chi connectivity index (χ4v) is 3.47. The number of nitrogens with one attached hydrogen (secondary N) is 1. The molecule has 1 unspecified atom stereocenters. The summed E-state index contributed by atoms with van der Waals surface area (Å²) in [7, 11) is 0. The second-order valence-electron chi connectivity index (χ2n) is 4.64. The average molecular weight is 282 g/mol. The number of hydrazine groups is 1. The number of rotatable bonds is 4. The van der Waals surface area contributed by atoms with E-state index in [-0.39, 0.29) is 0 Å². The maximum absolute atomic E-state index is 5.43. The van der Waals surface area contributed by atoms with Gasteiger partial charge in [0.25, 0.3) is 0 Å². The summed E-state index contributed by atoms with van der Waals surface area (Å²) in [4.78, 5) is 11.1. The normalized spacial score (nSPS) is 13.2. The fourth-order valence-electron chi connectivity index (χ4n) is 1.48. The zero-order valence-electron chi connectivity index (χ0n) is 11.0. The Balaban J connectivity index is 2.46. The van der Waals surface area contributed by atoms with E-state index in [1.54, 1.807) is 23.1 Å². The van der Waals surface area contributed by atoms with Crippen molar-refractivity contribution in [1.29, 1.82) is 0 Å². The van der Waals surface area contributed by atoms with Gasteiger partial charge < -0.3 is 0 Å². The summed E-state index contributed by atoms with van der Waals surface area (Å²) in [5.41, 5.74) is 2.54. The highest BCUT2D eigenvalue weighted by Gasteiger charge is 2.15. The zero-order chi connectivity index (χ0) is 13.3. The van der Waals surface area contributed by atoms with Crippen LogP contribution in [0.1, 0.15) is 25.6 Å². The summed E-state index contributed by atoms with van der Waals surface area (Å²) in [5, 5.41) is 2.65. The first-order valence-corrected chi connectivity index (χ1v) is 7.62. The lowest BCUT2D eigenvalue weighted by Gasteiger charge is -2.15. The second kappa shape index (κ2) is 5.42. The molecule has 0 bridgehead atoms. The van der Waals surface area contributed by atoms with Gasteiger partial charge in [-0.1, -0.05) is 20.8 Å². The number of nitrogens with zero attached hydrogens (tertiary/aromatic N) is 2. The number of aryl methyl sites for hydroxylation is 1. The SMILES string of the molecule is Cc1cc2c(SC(C)C(C)C)nc(NN)nc2s1. The summed E-state index contributed by atoms with van der Waals surface area (Å²) >= 11 is 3.46. The van der Waals surface area contributed by atoms with Gasteiger partial charge in [0.1, 0.15) is 9.86 Å². The van der Waals surface area contributed by atoms with Crippen molar-refractivity contribution < 1.29 is 0 Å². The third-order valence-corrected chi connectivity index (χ3v) is 5.24. The lowest BCUT2D eigenvalue weighted by Crippen LogP contribution is -2.11. The number of thiophene rings is 1. The minimum absolute atomic E-state index is 0.489. The highest BCUT2D eigenvalue weighted by molar-refractivity contribution is 8.00. The highest BCUT2D eigenvalue weighted by atomic mass is 32.2. The summed E-state index contributed by atoms with van der Waals surface area (Å²) < 4.78 is 0. The van der Waals surface area contributed by atoms with Gasteiger partial charge in [0.2, 0.25) is 5.95 Å². The molecule has 0 aliphatic heterocycles. The molecule has 4 nitrogen and oxygen atoms in total. The van der Waals surface area contributed by atoms with Gasteiger partial charge in [0.15, 0.2) is 0 Å². The maximum Gasteiger partial charge on any atom is 0.239 e. The standard InChI is InChI=1S/C12H18N4S2/c1-6(2)8(4)18-11-9-5-7(3)17-10(9)14-12(15-11)16-13/h5-6,8H,13H2,1-4H3,(H,14,15,16). The quantitative estimate of drug-likeness (QED) is 0.389. The van der Waals surface area contributed by atoms with Crippen molar-refractivity contribution in [3.63, 3.8) is 0 Å². The van der Waals surface area contributed by atoms with E-state index in [4.69, 9.17) is 5.84 Å². The van der Waals surface area contributed by atoms with Gasteiger partial charge in [-0.3, -0.25) is 5.43 Å². The number of nitrogens with two attached hydrogens (primary N) is 1. The van der Waals surface area contributed by atoms with Crippen molar-refractivity contribution in [2.75, 3.05) is 5.43 Å². The Labute approximate surface area is 115 Å². The number of hydrogen-bond acceptors (Lipinski definition) is 6. The molecule has 6 heteroatoms. The molecule has 0 aliphatic rings. The highest BCUT2D eigenvalue weighted by Crippen LogP contribution is 2.35. The topological polar surface area (TPSA) is 63.8 Å². The third-order valence-electron chi connectivity index (χ3n) is 2.85. The molecule has 2 heterocycles. The molecule has 2 aromatic rings. The first-order chi connectivity index (χ1) is 8.51. The van der Waals surface area contributed by atoms with E-state index in [0.29, 0.717) is 17.1 Å². The van der Waals surface area contributed by atoms with Crippen LogP contribution in [0.15, 0.2) is 11.1 Å². The number of anilines is 1. The minimum Gasteiger partial charge on any atom is -0.292 e. The summed E-state index contributed by atoms with van der Waals surface area (Å²) in [6.07, 6.45) is 0. The average Bonchev–Trinajstić information content (AvgIpc) is 2.69. The summed E-state index contributed by atoms with van der Waals surface area (Å²) in [6, 6.07) is 2.15. The Bertz CT molecular complexity index is 550. The van der Waals surface area contributed by atoms with Crippen LogP contribution in [0.5, 0.6) is 0 Å².